The Balaban J connectivity index is 1.81. The Kier molecular flexibility index (Phi) is 4.23. The van der Waals surface area contributed by atoms with E-state index in [1.54, 1.807) is 11.3 Å². The van der Waals surface area contributed by atoms with E-state index in [2.05, 4.69) is 34.3 Å². The molecule has 0 unspecified atom stereocenters. The van der Waals surface area contributed by atoms with Crippen molar-refractivity contribution in [3.05, 3.63) is 45.7 Å². The van der Waals surface area contributed by atoms with Crippen LogP contribution in [0, 0.1) is 6.92 Å². The zero-order valence-corrected chi connectivity index (χ0v) is 11.0. The smallest absolute Gasteiger partial charge is 0.107 e. The predicted molar refractivity (Wildman–Crippen MR) is 71.0 cm³/mol. The fraction of sp³-hybridized carbons (Fsp3) is 0.385. The highest BCUT2D eigenvalue weighted by Crippen LogP contribution is 2.12. The number of hydrogen-bond donors (Lipinski definition) is 1. The molecule has 1 N–H and O–H groups in total. The molecule has 2 rings (SSSR count). The van der Waals surface area contributed by atoms with Crippen molar-refractivity contribution in [2.24, 2.45) is 0 Å². The lowest BCUT2D eigenvalue weighted by Gasteiger charge is -2.02. The largest absolute Gasteiger partial charge is 0.305 e. The SMILES string of the molecule is CCc1cnc(CNCc2ccc(C)cn2)s1. The molecule has 2 heterocycles. The van der Waals surface area contributed by atoms with Crippen molar-refractivity contribution in [3.63, 3.8) is 0 Å². The van der Waals surface area contributed by atoms with E-state index in [0.717, 1.165) is 30.2 Å². The number of hydrogen-bond acceptors (Lipinski definition) is 4. The van der Waals surface area contributed by atoms with Gasteiger partial charge in [-0.3, -0.25) is 4.98 Å². The van der Waals surface area contributed by atoms with Crippen molar-refractivity contribution in [3.8, 4) is 0 Å². The van der Waals surface area contributed by atoms with Crippen LogP contribution in [0.25, 0.3) is 0 Å². The number of pyridine rings is 1. The van der Waals surface area contributed by atoms with E-state index in [9.17, 15) is 0 Å². The molecule has 17 heavy (non-hydrogen) atoms. The highest BCUT2D eigenvalue weighted by Gasteiger charge is 2.00. The van der Waals surface area contributed by atoms with Crippen LogP contribution in [0.4, 0.5) is 0 Å². The minimum atomic E-state index is 0.793. The molecular weight excluding hydrogens is 230 g/mol. The van der Waals surface area contributed by atoms with Crippen molar-refractivity contribution in [2.45, 2.75) is 33.4 Å². The van der Waals surface area contributed by atoms with E-state index >= 15 is 0 Å². The zero-order valence-electron chi connectivity index (χ0n) is 10.2. The number of rotatable bonds is 5. The molecule has 3 nitrogen and oxygen atoms in total. The monoisotopic (exact) mass is 247 g/mol. The average molecular weight is 247 g/mol. The summed E-state index contributed by atoms with van der Waals surface area (Å²) in [5.74, 6) is 0. The molecule has 4 heteroatoms. The van der Waals surface area contributed by atoms with Gasteiger partial charge in [0.1, 0.15) is 5.01 Å². The van der Waals surface area contributed by atoms with Crippen molar-refractivity contribution in [1.29, 1.82) is 0 Å². The molecule has 0 aliphatic heterocycles. The summed E-state index contributed by atoms with van der Waals surface area (Å²) < 4.78 is 0. The molecule has 0 saturated heterocycles. The third-order valence-electron chi connectivity index (χ3n) is 2.50. The molecule has 2 aromatic heterocycles. The summed E-state index contributed by atoms with van der Waals surface area (Å²) in [6.07, 6.45) is 4.93. The molecule has 0 radical (unpaired) electrons. The Hall–Kier alpha value is -1.26. The second kappa shape index (κ2) is 5.89. The Morgan fingerprint density at radius 3 is 2.71 bits per heavy atom. The van der Waals surface area contributed by atoms with Crippen LogP contribution in [0.5, 0.6) is 0 Å². The van der Waals surface area contributed by atoms with Gasteiger partial charge in [-0.1, -0.05) is 13.0 Å². The van der Waals surface area contributed by atoms with Gasteiger partial charge in [0.25, 0.3) is 0 Å². The van der Waals surface area contributed by atoms with Gasteiger partial charge in [0.05, 0.1) is 5.69 Å². The van der Waals surface area contributed by atoms with E-state index in [-0.39, 0.29) is 0 Å². The van der Waals surface area contributed by atoms with Crippen molar-refractivity contribution in [1.82, 2.24) is 15.3 Å². The summed E-state index contributed by atoms with van der Waals surface area (Å²) in [6.45, 7) is 5.81. The average Bonchev–Trinajstić information content (AvgIpc) is 2.80. The molecule has 0 aromatic carbocycles. The maximum absolute atomic E-state index is 4.37. The van der Waals surface area contributed by atoms with Gasteiger partial charge >= 0.3 is 0 Å². The number of nitrogens with zero attached hydrogens (tertiary/aromatic N) is 2. The maximum atomic E-state index is 4.37. The van der Waals surface area contributed by atoms with Gasteiger partial charge in [0, 0.05) is 30.4 Å². The fourth-order valence-electron chi connectivity index (χ4n) is 1.49. The second-order valence-electron chi connectivity index (χ2n) is 4.00. The lowest BCUT2D eigenvalue weighted by atomic mass is 10.3. The predicted octanol–water partition coefficient (Wildman–Crippen LogP) is 2.70. The topological polar surface area (TPSA) is 37.8 Å². The highest BCUT2D eigenvalue weighted by atomic mass is 32.1. The lowest BCUT2D eigenvalue weighted by molar-refractivity contribution is 0.676. The molecular formula is C13H17N3S. The van der Waals surface area contributed by atoms with Crippen molar-refractivity contribution < 1.29 is 0 Å². The Morgan fingerprint density at radius 2 is 2.06 bits per heavy atom. The standard InChI is InChI=1S/C13H17N3S/c1-3-12-8-16-13(17-12)9-14-7-11-5-4-10(2)6-15-11/h4-6,8,14H,3,7,9H2,1-2H3. The molecule has 0 aliphatic rings. The zero-order chi connectivity index (χ0) is 12.1. The van der Waals surface area contributed by atoms with Crippen LogP contribution >= 0.6 is 11.3 Å². The summed E-state index contributed by atoms with van der Waals surface area (Å²) in [7, 11) is 0. The first-order valence-corrected chi connectivity index (χ1v) is 6.65. The van der Waals surface area contributed by atoms with Crippen LogP contribution in [0.15, 0.2) is 24.5 Å². The first kappa shape index (κ1) is 12.2. The van der Waals surface area contributed by atoms with Gasteiger partial charge < -0.3 is 5.32 Å². The molecule has 90 valence electrons. The third-order valence-corrected chi connectivity index (χ3v) is 3.65. The quantitative estimate of drug-likeness (QED) is 0.882. The first-order chi connectivity index (χ1) is 8.28. The second-order valence-corrected chi connectivity index (χ2v) is 5.20. The normalized spacial score (nSPS) is 10.7. The summed E-state index contributed by atoms with van der Waals surface area (Å²) in [6, 6.07) is 4.14. The van der Waals surface area contributed by atoms with Crippen LogP contribution < -0.4 is 5.32 Å². The molecule has 0 saturated carbocycles. The molecule has 0 spiro atoms. The summed E-state index contributed by atoms with van der Waals surface area (Å²) in [5.41, 5.74) is 2.27. The molecule has 0 fully saturated rings. The molecule has 0 atom stereocenters. The van der Waals surface area contributed by atoms with Crippen LogP contribution in [0.3, 0.4) is 0 Å². The van der Waals surface area contributed by atoms with Crippen molar-refractivity contribution in [2.75, 3.05) is 0 Å². The van der Waals surface area contributed by atoms with E-state index in [0.29, 0.717) is 0 Å². The van der Waals surface area contributed by atoms with E-state index in [4.69, 9.17) is 0 Å². The number of aromatic nitrogens is 2. The van der Waals surface area contributed by atoms with Gasteiger partial charge in [-0.15, -0.1) is 11.3 Å². The van der Waals surface area contributed by atoms with Gasteiger partial charge in [-0.25, -0.2) is 4.98 Å². The van der Waals surface area contributed by atoms with E-state index in [1.807, 2.05) is 19.3 Å². The maximum Gasteiger partial charge on any atom is 0.107 e. The number of thiazole rings is 1. The number of nitrogens with one attached hydrogen (secondary N) is 1. The number of aryl methyl sites for hydroxylation is 2. The molecule has 0 amide bonds. The van der Waals surface area contributed by atoms with Crippen LogP contribution in [-0.4, -0.2) is 9.97 Å². The fourth-order valence-corrected chi connectivity index (χ4v) is 2.33. The highest BCUT2D eigenvalue weighted by molar-refractivity contribution is 7.11. The van der Waals surface area contributed by atoms with E-state index in [1.165, 1.54) is 10.4 Å². The summed E-state index contributed by atoms with van der Waals surface area (Å²) in [4.78, 5) is 10.1. The lowest BCUT2D eigenvalue weighted by Crippen LogP contribution is -2.13. The van der Waals surface area contributed by atoms with Crippen LogP contribution in [-0.2, 0) is 19.5 Å². The minimum absolute atomic E-state index is 0.793. The first-order valence-electron chi connectivity index (χ1n) is 5.83. The Morgan fingerprint density at radius 1 is 1.18 bits per heavy atom. The van der Waals surface area contributed by atoms with Gasteiger partial charge in [0.2, 0.25) is 0 Å². The van der Waals surface area contributed by atoms with Gasteiger partial charge in [-0.2, -0.15) is 0 Å². The van der Waals surface area contributed by atoms with Crippen LogP contribution in [0.1, 0.15) is 28.1 Å². The summed E-state index contributed by atoms with van der Waals surface area (Å²) >= 11 is 1.78. The summed E-state index contributed by atoms with van der Waals surface area (Å²) in [5, 5.41) is 4.51. The van der Waals surface area contributed by atoms with Crippen LogP contribution in [0.2, 0.25) is 0 Å². The molecule has 2 aromatic rings. The third kappa shape index (κ3) is 3.61. The molecule has 0 aliphatic carbocycles. The van der Waals surface area contributed by atoms with E-state index < -0.39 is 0 Å². The minimum Gasteiger partial charge on any atom is -0.305 e. The molecule has 0 bridgehead atoms. The Bertz CT molecular complexity index is 462. The van der Waals surface area contributed by atoms with Crippen molar-refractivity contribution >= 4 is 11.3 Å². The Labute approximate surface area is 106 Å². The van der Waals surface area contributed by atoms with Gasteiger partial charge in [-0.05, 0) is 25.0 Å². The van der Waals surface area contributed by atoms with Gasteiger partial charge in [0.15, 0.2) is 0 Å².